The number of amides is 3. The van der Waals surface area contributed by atoms with E-state index in [1.807, 2.05) is 0 Å². The quantitative estimate of drug-likeness (QED) is 0.708. The molecule has 1 heterocycles. The predicted octanol–water partition coefficient (Wildman–Crippen LogP) is 0.623. The predicted molar refractivity (Wildman–Crippen MR) is 54.1 cm³/mol. The van der Waals surface area contributed by atoms with Gasteiger partial charge in [-0.1, -0.05) is 0 Å². The van der Waals surface area contributed by atoms with E-state index in [1.54, 1.807) is 6.92 Å². The Hall–Kier alpha value is -1.46. The molecule has 1 rings (SSSR count). The number of ether oxygens (including phenoxy) is 1. The molecule has 3 N–H and O–H groups in total. The molecule has 1 fully saturated rings. The van der Waals surface area contributed by atoms with E-state index in [2.05, 4.69) is 5.32 Å². The summed E-state index contributed by atoms with van der Waals surface area (Å²) >= 11 is 0. The van der Waals surface area contributed by atoms with Crippen molar-refractivity contribution < 1.29 is 14.3 Å². The zero-order valence-electron chi connectivity index (χ0n) is 8.86. The van der Waals surface area contributed by atoms with Gasteiger partial charge in [0, 0.05) is 6.54 Å². The highest BCUT2D eigenvalue weighted by molar-refractivity contribution is 5.73. The number of hydrogen-bond acceptors (Lipinski definition) is 3. The van der Waals surface area contributed by atoms with E-state index < -0.39 is 12.1 Å². The van der Waals surface area contributed by atoms with Crippen LogP contribution < -0.4 is 11.1 Å². The largest absolute Gasteiger partial charge is 0.450 e. The first-order valence-corrected chi connectivity index (χ1v) is 5.14. The molecular weight excluding hydrogens is 198 g/mol. The van der Waals surface area contributed by atoms with Crippen LogP contribution in [-0.2, 0) is 4.74 Å². The number of nitrogens with one attached hydrogen (secondary N) is 1. The molecule has 0 aromatic carbocycles. The van der Waals surface area contributed by atoms with Gasteiger partial charge in [-0.05, 0) is 26.2 Å². The van der Waals surface area contributed by atoms with Crippen molar-refractivity contribution in [3.05, 3.63) is 0 Å². The van der Waals surface area contributed by atoms with Crippen molar-refractivity contribution in [1.29, 1.82) is 0 Å². The van der Waals surface area contributed by atoms with Crippen LogP contribution in [0.15, 0.2) is 0 Å². The molecule has 1 unspecified atom stereocenters. The summed E-state index contributed by atoms with van der Waals surface area (Å²) in [5.74, 6) is 0. The number of nitrogens with two attached hydrogens (primary N) is 1. The Morgan fingerprint density at radius 2 is 2.27 bits per heavy atom. The molecule has 1 aliphatic rings. The highest BCUT2D eigenvalue weighted by atomic mass is 16.6. The molecule has 6 heteroatoms. The third-order valence-electron chi connectivity index (χ3n) is 2.31. The van der Waals surface area contributed by atoms with Crippen LogP contribution >= 0.6 is 0 Å². The van der Waals surface area contributed by atoms with Gasteiger partial charge in [-0.2, -0.15) is 0 Å². The van der Waals surface area contributed by atoms with Crippen LogP contribution in [0, 0.1) is 0 Å². The van der Waals surface area contributed by atoms with Crippen molar-refractivity contribution in [2.24, 2.45) is 5.73 Å². The maximum Gasteiger partial charge on any atom is 0.411 e. The number of carbonyl (C=O) groups excluding carboxylic acids is 2. The molecule has 86 valence electrons. The number of primary amides is 1. The fraction of sp³-hybridized carbons (Fsp3) is 0.778. The third-order valence-corrected chi connectivity index (χ3v) is 2.31. The Morgan fingerprint density at radius 3 is 2.87 bits per heavy atom. The van der Waals surface area contributed by atoms with Crippen LogP contribution in [0.2, 0.25) is 0 Å². The summed E-state index contributed by atoms with van der Waals surface area (Å²) in [6, 6.07) is -0.615. The minimum Gasteiger partial charge on any atom is -0.450 e. The first-order chi connectivity index (χ1) is 7.15. The van der Waals surface area contributed by atoms with E-state index in [4.69, 9.17) is 10.5 Å². The number of likely N-dealkylation sites (tertiary alicyclic amines) is 1. The number of carbonyl (C=O) groups is 2. The number of nitrogens with zero attached hydrogens (tertiary/aromatic N) is 1. The summed E-state index contributed by atoms with van der Waals surface area (Å²) in [7, 11) is 0. The van der Waals surface area contributed by atoms with Gasteiger partial charge in [-0.3, -0.25) is 4.90 Å². The van der Waals surface area contributed by atoms with Gasteiger partial charge < -0.3 is 15.8 Å². The lowest BCUT2D eigenvalue weighted by molar-refractivity contribution is 0.0707. The molecule has 1 saturated heterocycles. The first-order valence-electron chi connectivity index (χ1n) is 5.14. The van der Waals surface area contributed by atoms with Crippen LogP contribution in [0.5, 0.6) is 0 Å². The minimum atomic E-state index is -0.615. The molecule has 0 aliphatic carbocycles. The average molecular weight is 215 g/mol. The Bertz CT molecular complexity index is 245. The second-order valence-electron chi connectivity index (χ2n) is 3.41. The van der Waals surface area contributed by atoms with Gasteiger partial charge in [0.1, 0.15) is 6.17 Å². The molecule has 1 atom stereocenters. The average Bonchev–Trinajstić information content (AvgIpc) is 2.18. The zero-order chi connectivity index (χ0) is 11.3. The number of piperidine rings is 1. The SMILES string of the molecule is CCOC(=O)N1CCCCC1NC(N)=O. The van der Waals surface area contributed by atoms with Crippen molar-refractivity contribution in [2.45, 2.75) is 32.4 Å². The zero-order valence-corrected chi connectivity index (χ0v) is 8.86. The monoisotopic (exact) mass is 215 g/mol. The Labute approximate surface area is 88.7 Å². The number of rotatable bonds is 2. The lowest BCUT2D eigenvalue weighted by Gasteiger charge is -2.34. The van der Waals surface area contributed by atoms with E-state index in [0.29, 0.717) is 13.2 Å². The van der Waals surface area contributed by atoms with E-state index in [0.717, 1.165) is 19.3 Å². The highest BCUT2D eigenvalue weighted by Gasteiger charge is 2.28. The maximum atomic E-state index is 11.5. The molecule has 0 spiro atoms. The smallest absolute Gasteiger partial charge is 0.411 e. The Morgan fingerprint density at radius 1 is 1.53 bits per heavy atom. The second-order valence-corrected chi connectivity index (χ2v) is 3.41. The fourth-order valence-electron chi connectivity index (χ4n) is 1.67. The van der Waals surface area contributed by atoms with Gasteiger partial charge in [-0.25, -0.2) is 9.59 Å². The summed E-state index contributed by atoms with van der Waals surface area (Å²) in [5.41, 5.74) is 5.03. The van der Waals surface area contributed by atoms with Crippen LogP contribution in [0.1, 0.15) is 26.2 Å². The van der Waals surface area contributed by atoms with Gasteiger partial charge in [0.2, 0.25) is 0 Å². The van der Waals surface area contributed by atoms with Gasteiger partial charge in [0.05, 0.1) is 6.61 Å². The van der Waals surface area contributed by atoms with E-state index in [1.165, 1.54) is 4.90 Å². The summed E-state index contributed by atoms with van der Waals surface area (Å²) in [6.07, 6.45) is 1.91. The molecule has 3 amide bonds. The molecular formula is C9H17N3O3. The van der Waals surface area contributed by atoms with Gasteiger partial charge in [0.25, 0.3) is 0 Å². The number of urea groups is 1. The second kappa shape index (κ2) is 5.43. The van der Waals surface area contributed by atoms with Gasteiger partial charge >= 0.3 is 12.1 Å². The molecule has 1 aliphatic heterocycles. The minimum absolute atomic E-state index is 0.324. The van der Waals surface area contributed by atoms with Crippen LogP contribution in [0.3, 0.4) is 0 Å². The van der Waals surface area contributed by atoms with E-state index in [9.17, 15) is 9.59 Å². The topological polar surface area (TPSA) is 84.7 Å². The van der Waals surface area contributed by atoms with Gasteiger partial charge in [-0.15, -0.1) is 0 Å². The third kappa shape index (κ3) is 3.30. The highest BCUT2D eigenvalue weighted by Crippen LogP contribution is 2.15. The van der Waals surface area contributed by atoms with E-state index in [-0.39, 0.29) is 6.17 Å². The Kier molecular flexibility index (Phi) is 4.20. The molecule has 0 saturated carbocycles. The molecule has 15 heavy (non-hydrogen) atoms. The van der Waals surface area contributed by atoms with Crippen LogP contribution in [0.25, 0.3) is 0 Å². The van der Waals surface area contributed by atoms with Crippen molar-refractivity contribution in [2.75, 3.05) is 13.2 Å². The molecule has 6 nitrogen and oxygen atoms in total. The van der Waals surface area contributed by atoms with Crippen molar-refractivity contribution in [3.63, 3.8) is 0 Å². The van der Waals surface area contributed by atoms with Crippen molar-refractivity contribution in [1.82, 2.24) is 10.2 Å². The van der Waals surface area contributed by atoms with Crippen LogP contribution in [0.4, 0.5) is 9.59 Å². The molecule has 0 bridgehead atoms. The molecule has 0 aromatic rings. The summed E-state index contributed by atoms with van der Waals surface area (Å²) in [5, 5.41) is 2.54. The summed E-state index contributed by atoms with van der Waals surface area (Å²) in [6.45, 7) is 2.68. The number of hydrogen-bond donors (Lipinski definition) is 2. The van der Waals surface area contributed by atoms with Gasteiger partial charge in [0.15, 0.2) is 0 Å². The lowest BCUT2D eigenvalue weighted by atomic mass is 10.1. The maximum absolute atomic E-state index is 11.5. The Balaban J connectivity index is 2.56. The normalized spacial score (nSPS) is 20.9. The summed E-state index contributed by atoms with van der Waals surface area (Å²) < 4.78 is 4.89. The standard InChI is InChI=1S/C9H17N3O3/c1-2-15-9(14)12-6-4-3-5-7(12)11-8(10)13/h7H,2-6H2,1H3,(H3,10,11,13). The fourth-order valence-corrected chi connectivity index (χ4v) is 1.67. The van der Waals surface area contributed by atoms with Crippen LogP contribution in [-0.4, -0.2) is 36.3 Å². The van der Waals surface area contributed by atoms with E-state index >= 15 is 0 Å². The first kappa shape index (κ1) is 11.6. The van der Waals surface area contributed by atoms with Crippen molar-refractivity contribution >= 4 is 12.1 Å². The lowest BCUT2D eigenvalue weighted by Crippen LogP contribution is -2.54. The molecule has 0 aromatic heterocycles. The molecule has 0 radical (unpaired) electrons. The van der Waals surface area contributed by atoms with Crippen molar-refractivity contribution in [3.8, 4) is 0 Å². The summed E-state index contributed by atoms with van der Waals surface area (Å²) in [4.78, 5) is 23.7.